The van der Waals surface area contributed by atoms with Crippen molar-refractivity contribution in [3.8, 4) is 0 Å². The molecule has 1 aromatic rings. The maximum absolute atomic E-state index is 2.26. The molecule has 0 N–H and O–H groups in total. The van der Waals surface area contributed by atoms with Gasteiger partial charge < -0.3 is 0 Å². The average Bonchev–Trinajstić information content (AvgIpc) is 2.08. The van der Waals surface area contributed by atoms with Gasteiger partial charge in [0.05, 0.1) is 0 Å². The van der Waals surface area contributed by atoms with E-state index >= 15 is 0 Å². The molecule has 0 nitrogen and oxygen atoms in total. The van der Waals surface area contributed by atoms with E-state index in [0.717, 1.165) is 11.7 Å². The molecule has 13 heavy (non-hydrogen) atoms. The molecule has 0 aliphatic carbocycles. The van der Waals surface area contributed by atoms with Crippen molar-refractivity contribution in [1.29, 1.82) is 0 Å². The summed E-state index contributed by atoms with van der Waals surface area (Å²) in [5.41, 5.74) is 1.45. The fraction of sp³-hybridized carbons (Fsp3) is 0.500. The van der Waals surface area contributed by atoms with Gasteiger partial charge >= 0.3 is 0 Å². The topological polar surface area (TPSA) is 0 Å². The molecule has 0 saturated heterocycles. The molecule has 0 atom stereocenters. The van der Waals surface area contributed by atoms with Crippen LogP contribution >= 0.6 is 11.8 Å². The monoisotopic (exact) mass is 194 g/mol. The van der Waals surface area contributed by atoms with Gasteiger partial charge in [-0.2, -0.15) is 0 Å². The predicted molar refractivity (Wildman–Crippen MR) is 61.4 cm³/mol. The summed E-state index contributed by atoms with van der Waals surface area (Å²) in [4.78, 5) is 1.38. The van der Waals surface area contributed by atoms with Crippen LogP contribution in [0.4, 0.5) is 0 Å². The summed E-state index contributed by atoms with van der Waals surface area (Å²) in [6.45, 7) is 6.70. The highest BCUT2D eigenvalue weighted by molar-refractivity contribution is 7.99. The van der Waals surface area contributed by atoms with Crippen LogP contribution in [0.2, 0.25) is 0 Å². The third kappa shape index (κ3) is 3.86. The minimum atomic E-state index is 0.754. The fourth-order valence-electron chi connectivity index (χ4n) is 1.36. The maximum Gasteiger partial charge on any atom is 0.00720 e. The summed E-state index contributed by atoms with van der Waals surface area (Å²) in [5, 5.41) is 0. The van der Waals surface area contributed by atoms with Crippen LogP contribution in [0.25, 0.3) is 0 Å². The number of hydrogen-bond donors (Lipinski definition) is 0. The van der Waals surface area contributed by atoms with E-state index in [0.29, 0.717) is 0 Å². The average molecular weight is 194 g/mol. The smallest absolute Gasteiger partial charge is 0.00720 e. The van der Waals surface area contributed by atoms with Gasteiger partial charge in [-0.05, 0) is 35.8 Å². The molecule has 0 aliphatic heterocycles. The summed E-state index contributed by atoms with van der Waals surface area (Å²) in [7, 11) is 0. The van der Waals surface area contributed by atoms with Gasteiger partial charge in [0.1, 0.15) is 0 Å². The van der Waals surface area contributed by atoms with Gasteiger partial charge in [0, 0.05) is 4.90 Å². The van der Waals surface area contributed by atoms with E-state index in [-0.39, 0.29) is 0 Å². The Labute approximate surface area is 85.7 Å². The fourth-order valence-corrected chi connectivity index (χ4v) is 2.02. The molecule has 0 bridgehead atoms. The molecular formula is C12H18S. The molecule has 0 amide bonds. The van der Waals surface area contributed by atoms with E-state index in [1.54, 1.807) is 0 Å². The number of hydrogen-bond acceptors (Lipinski definition) is 1. The highest BCUT2D eigenvalue weighted by Gasteiger charge is 1.97. The van der Waals surface area contributed by atoms with Gasteiger partial charge in [-0.3, -0.25) is 0 Å². The van der Waals surface area contributed by atoms with Crippen LogP contribution in [0.1, 0.15) is 26.3 Å². The van der Waals surface area contributed by atoms with Crippen molar-refractivity contribution < 1.29 is 0 Å². The first-order valence-corrected chi connectivity index (χ1v) is 5.92. The van der Waals surface area contributed by atoms with Gasteiger partial charge in [0.2, 0.25) is 0 Å². The largest absolute Gasteiger partial charge is 0.126 e. The molecule has 1 rings (SSSR count). The molecule has 0 radical (unpaired) electrons. The third-order valence-electron chi connectivity index (χ3n) is 1.88. The Hall–Kier alpha value is -0.430. The quantitative estimate of drug-likeness (QED) is 0.653. The predicted octanol–water partition coefficient (Wildman–Crippen LogP) is 4.00. The summed E-state index contributed by atoms with van der Waals surface area (Å²) < 4.78 is 0. The second kappa shape index (κ2) is 5.33. The van der Waals surface area contributed by atoms with E-state index in [9.17, 15) is 0 Å². The third-order valence-corrected chi connectivity index (χ3v) is 2.77. The van der Waals surface area contributed by atoms with Crippen LogP contribution in [0.3, 0.4) is 0 Å². The number of rotatable bonds is 4. The Balaban J connectivity index is 2.59. The van der Waals surface area contributed by atoms with Crippen molar-refractivity contribution in [1.82, 2.24) is 0 Å². The van der Waals surface area contributed by atoms with E-state index < -0.39 is 0 Å². The number of thioether (sulfide) groups is 1. The van der Waals surface area contributed by atoms with E-state index in [2.05, 4.69) is 45.0 Å². The first-order valence-electron chi connectivity index (χ1n) is 4.94. The van der Waals surface area contributed by atoms with E-state index in [1.165, 1.54) is 16.9 Å². The highest BCUT2D eigenvalue weighted by atomic mass is 32.2. The van der Waals surface area contributed by atoms with Crippen LogP contribution in [0, 0.1) is 5.92 Å². The summed E-state index contributed by atoms with van der Waals surface area (Å²) >= 11 is 1.90. The van der Waals surface area contributed by atoms with Gasteiger partial charge in [-0.1, -0.05) is 32.9 Å². The summed E-state index contributed by atoms with van der Waals surface area (Å²) in [6.07, 6.45) is 1.19. The standard InChI is InChI=1S/C12H18S/c1-4-13-12-7-5-11(6-8-12)9-10(2)3/h5-8,10H,4,9H2,1-3H3. The minimum Gasteiger partial charge on any atom is -0.126 e. The lowest BCUT2D eigenvalue weighted by atomic mass is 10.0. The van der Waals surface area contributed by atoms with Gasteiger partial charge in [-0.15, -0.1) is 11.8 Å². The maximum atomic E-state index is 2.26. The van der Waals surface area contributed by atoms with Crippen molar-refractivity contribution in [3.63, 3.8) is 0 Å². The Kier molecular flexibility index (Phi) is 4.37. The number of benzene rings is 1. The zero-order valence-electron chi connectivity index (χ0n) is 8.71. The molecule has 0 unspecified atom stereocenters. The van der Waals surface area contributed by atoms with Crippen molar-refractivity contribution >= 4 is 11.8 Å². The van der Waals surface area contributed by atoms with Crippen LogP contribution in [-0.4, -0.2) is 5.75 Å². The second-order valence-corrected chi connectivity index (χ2v) is 5.01. The molecule has 0 saturated carbocycles. The lowest BCUT2D eigenvalue weighted by Gasteiger charge is -2.05. The molecule has 0 aromatic heterocycles. The van der Waals surface area contributed by atoms with Crippen molar-refractivity contribution in [2.45, 2.75) is 32.1 Å². The van der Waals surface area contributed by atoms with E-state index in [1.807, 2.05) is 11.8 Å². The van der Waals surface area contributed by atoms with Crippen LogP contribution < -0.4 is 0 Å². The molecule has 1 heteroatoms. The Morgan fingerprint density at radius 2 is 1.77 bits per heavy atom. The molecule has 0 fully saturated rings. The summed E-state index contributed by atoms with van der Waals surface area (Å²) in [6, 6.07) is 8.95. The molecule has 0 heterocycles. The minimum absolute atomic E-state index is 0.754. The van der Waals surface area contributed by atoms with Crippen molar-refractivity contribution in [2.75, 3.05) is 5.75 Å². The van der Waals surface area contributed by atoms with Gasteiger partial charge in [0.25, 0.3) is 0 Å². The van der Waals surface area contributed by atoms with Crippen molar-refractivity contribution in [2.24, 2.45) is 5.92 Å². The lowest BCUT2D eigenvalue weighted by Crippen LogP contribution is -1.93. The first kappa shape index (κ1) is 10.6. The first-order chi connectivity index (χ1) is 6.22. The molecule has 1 aromatic carbocycles. The molecule has 0 aliphatic rings. The van der Waals surface area contributed by atoms with Crippen LogP contribution in [0.5, 0.6) is 0 Å². The zero-order chi connectivity index (χ0) is 9.68. The normalized spacial score (nSPS) is 10.8. The molecule has 72 valence electrons. The molecular weight excluding hydrogens is 176 g/mol. The highest BCUT2D eigenvalue weighted by Crippen LogP contribution is 2.18. The zero-order valence-corrected chi connectivity index (χ0v) is 9.53. The molecule has 0 spiro atoms. The summed E-state index contributed by atoms with van der Waals surface area (Å²) in [5.74, 6) is 1.91. The SMILES string of the molecule is CCSc1ccc(CC(C)C)cc1. The second-order valence-electron chi connectivity index (χ2n) is 3.67. The van der Waals surface area contributed by atoms with E-state index in [4.69, 9.17) is 0 Å². The Bertz CT molecular complexity index is 236. The van der Waals surface area contributed by atoms with Crippen LogP contribution in [0.15, 0.2) is 29.2 Å². The van der Waals surface area contributed by atoms with Crippen molar-refractivity contribution in [3.05, 3.63) is 29.8 Å². The van der Waals surface area contributed by atoms with Gasteiger partial charge in [0.15, 0.2) is 0 Å². The Morgan fingerprint density at radius 1 is 1.15 bits per heavy atom. The van der Waals surface area contributed by atoms with Crippen LogP contribution in [-0.2, 0) is 6.42 Å². The Morgan fingerprint density at radius 3 is 2.23 bits per heavy atom. The lowest BCUT2D eigenvalue weighted by molar-refractivity contribution is 0.647. The van der Waals surface area contributed by atoms with Gasteiger partial charge in [-0.25, -0.2) is 0 Å².